The smallest absolute Gasteiger partial charge is 0.330 e. The maximum Gasteiger partial charge on any atom is 0.330 e. The van der Waals surface area contributed by atoms with E-state index in [2.05, 4.69) is 13.2 Å². The summed E-state index contributed by atoms with van der Waals surface area (Å²) in [6, 6.07) is 0. The van der Waals surface area contributed by atoms with Gasteiger partial charge in [0.25, 0.3) is 0 Å². The van der Waals surface area contributed by atoms with Gasteiger partial charge in [-0.15, -0.1) is 0 Å². The van der Waals surface area contributed by atoms with Crippen molar-refractivity contribution >= 4 is 11.9 Å². The first kappa shape index (κ1) is 39.3. The van der Waals surface area contributed by atoms with Crippen LogP contribution >= 0.6 is 0 Å². The molecule has 0 amide bonds. The molecular formula is C22H44O12. The van der Waals surface area contributed by atoms with Crippen molar-refractivity contribution in [3.8, 4) is 0 Å². The summed E-state index contributed by atoms with van der Waals surface area (Å²) in [4.78, 5) is 19.2. The van der Waals surface area contributed by atoms with Crippen LogP contribution < -0.4 is 0 Å². The molecule has 0 aliphatic heterocycles. The summed E-state index contributed by atoms with van der Waals surface area (Å²) >= 11 is 0. The minimum atomic E-state index is -0.935. The van der Waals surface area contributed by atoms with Crippen LogP contribution in [-0.4, -0.2) is 120 Å². The molecule has 0 saturated carbocycles. The molecule has 0 aliphatic rings. The SMILES string of the molecule is C=C(C)C(=O)O.C=C(C)C(=O)O.CCC(CO)(CO)CO.OCCOCCOCCOCCO. The van der Waals surface area contributed by atoms with E-state index in [-0.39, 0.29) is 44.2 Å². The molecule has 12 heteroatoms. The Balaban J connectivity index is -0.000000187. The summed E-state index contributed by atoms with van der Waals surface area (Å²) in [6.07, 6.45) is 0.594. The van der Waals surface area contributed by atoms with E-state index in [0.29, 0.717) is 46.1 Å². The number of carboxylic acid groups (broad SMARTS) is 2. The summed E-state index contributed by atoms with van der Waals surface area (Å²) < 4.78 is 15.0. The zero-order valence-electron chi connectivity index (χ0n) is 20.6. The zero-order chi connectivity index (χ0) is 27.4. The molecule has 0 radical (unpaired) electrons. The first-order valence-electron chi connectivity index (χ1n) is 10.5. The highest BCUT2D eigenvalue weighted by Crippen LogP contribution is 2.18. The highest BCUT2D eigenvalue weighted by Gasteiger charge is 2.24. The number of aliphatic carboxylic acids is 2. The molecular weight excluding hydrogens is 456 g/mol. The molecule has 0 fully saturated rings. The molecule has 0 rings (SSSR count). The third kappa shape index (κ3) is 32.3. The largest absolute Gasteiger partial charge is 0.478 e. The minimum Gasteiger partial charge on any atom is -0.478 e. The first-order chi connectivity index (χ1) is 15.9. The Kier molecular flexibility index (Phi) is 33.7. The van der Waals surface area contributed by atoms with Crippen molar-refractivity contribution in [3.05, 3.63) is 24.3 Å². The van der Waals surface area contributed by atoms with Gasteiger partial charge in [-0.3, -0.25) is 0 Å². The van der Waals surface area contributed by atoms with Gasteiger partial charge in [-0.25, -0.2) is 9.59 Å². The van der Waals surface area contributed by atoms with E-state index >= 15 is 0 Å². The molecule has 0 unspecified atom stereocenters. The molecule has 0 heterocycles. The third-order valence-electron chi connectivity index (χ3n) is 3.70. The van der Waals surface area contributed by atoms with Crippen LogP contribution in [0.2, 0.25) is 0 Å². The van der Waals surface area contributed by atoms with E-state index in [1.807, 2.05) is 6.92 Å². The average Bonchev–Trinajstić information content (AvgIpc) is 2.81. The summed E-state index contributed by atoms with van der Waals surface area (Å²) in [5, 5.41) is 58.5. The van der Waals surface area contributed by atoms with Gasteiger partial charge in [0.15, 0.2) is 0 Å². The topological polar surface area (TPSA) is 203 Å². The van der Waals surface area contributed by atoms with Crippen molar-refractivity contribution in [2.45, 2.75) is 27.2 Å². The maximum atomic E-state index is 9.60. The molecule has 0 aromatic carbocycles. The van der Waals surface area contributed by atoms with Crippen LogP contribution in [0.4, 0.5) is 0 Å². The van der Waals surface area contributed by atoms with Crippen LogP contribution in [-0.2, 0) is 23.8 Å². The van der Waals surface area contributed by atoms with Gasteiger partial charge >= 0.3 is 11.9 Å². The standard InChI is InChI=1S/C8H18O5.C6H14O3.2C4H6O2/c9-1-3-11-5-7-13-8-6-12-4-2-10;1-2-6(3-7,4-8)5-9;2*1-3(2)4(5)6/h9-10H,1-8H2;7-9H,2-5H2,1H3;2*1H2,2H3,(H,5,6). The van der Waals surface area contributed by atoms with Gasteiger partial charge in [0.05, 0.1) is 72.7 Å². The number of ether oxygens (including phenoxy) is 3. The van der Waals surface area contributed by atoms with Crippen LogP contribution in [0, 0.1) is 5.41 Å². The molecule has 0 spiro atoms. The maximum absolute atomic E-state index is 9.60. The lowest BCUT2D eigenvalue weighted by molar-refractivity contribution is -0.133. The van der Waals surface area contributed by atoms with E-state index in [4.69, 9.17) is 50.0 Å². The van der Waals surface area contributed by atoms with E-state index in [1.54, 1.807) is 0 Å². The highest BCUT2D eigenvalue weighted by molar-refractivity contribution is 5.85. The van der Waals surface area contributed by atoms with Gasteiger partial charge in [0, 0.05) is 16.6 Å². The molecule has 0 atom stereocenters. The fourth-order valence-corrected chi connectivity index (χ4v) is 1.16. The lowest BCUT2D eigenvalue weighted by Gasteiger charge is -2.24. The second-order valence-corrected chi connectivity index (χ2v) is 6.78. The predicted octanol–water partition coefficient (Wildman–Crippen LogP) is -0.325. The summed E-state index contributed by atoms with van der Waals surface area (Å²) in [5.41, 5.74) is -0.315. The van der Waals surface area contributed by atoms with Crippen molar-refractivity contribution in [1.29, 1.82) is 0 Å². The lowest BCUT2D eigenvalue weighted by atomic mass is 9.88. The number of hydrogen-bond donors (Lipinski definition) is 7. The van der Waals surface area contributed by atoms with E-state index in [9.17, 15) is 9.59 Å². The van der Waals surface area contributed by atoms with Crippen LogP contribution in [0.5, 0.6) is 0 Å². The van der Waals surface area contributed by atoms with Crippen molar-refractivity contribution in [2.24, 2.45) is 5.41 Å². The van der Waals surface area contributed by atoms with Crippen molar-refractivity contribution in [2.75, 3.05) is 72.7 Å². The van der Waals surface area contributed by atoms with E-state index in [1.165, 1.54) is 13.8 Å². The minimum absolute atomic E-state index is 0.0413. The van der Waals surface area contributed by atoms with Crippen LogP contribution in [0.15, 0.2) is 24.3 Å². The van der Waals surface area contributed by atoms with Crippen molar-refractivity contribution in [3.63, 3.8) is 0 Å². The third-order valence-corrected chi connectivity index (χ3v) is 3.70. The van der Waals surface area contributed by atoms with Gasteiger partial charge in [0.1, 0.15) is 0 Å². The Labute approximate surface area is 201 Å². The Morgan fingerprint density at radius 1 is 0.647 bits per heavy atom. The molecule has 0 bridgehead atoms. The highest BCUT2D eigenvalue weighted by atomic mass is 16.5. The first-order valence-corrected chi connectivity index (χ1v) is 10.5. The van der Waals surface area contributed by atoms with Crippen LogP contribution in [0.1, 0.15) is 27.2 Å². The van der Waals surface area contributed by atoms with Gasteiger partial charge in [-0.1, -0.05) is 20.1 Å². The lowest BCUT2D eigenvalue weighted by Crippen LogP contribution is -2.32. The molecule has 0 saturated heterocycles. The summed E-state index contributed by atoms with van der Waals surface area (Å²) in [6.45, 7) is 13.3. The Morgan fingerprint density at radius 2 is 0.882 bits per heavy atom. The second-order valence-electron chi connectivity index (χ2n) is 6.78. The fourth-order valence-electron chi connectivity index (χ4n) is 1.16. The number of hydrogen-bond acceptors (Lipinski definition) is 10. The molecule has 7 N–H and O–H groups in total. The van der Waals surface area contributed by atoms with E-state index in [0.717, 1.165) is 0 Å². The van der Waals surface area contributed by atoms with Crippen LogP contribution in [0.3, 0.4) is 0 Å². The average molecular weight is 501 g/mol. The Bertz CT molecular complexity index is 429. The van der Waals surface area contributed by atoms with E-state index < -0.39 is 17.4 Å². The number of rotatable bonds is 16. The van der Waals surface area contributed by atoms with Crippen molar-refractivity contribution in [1.82, 2.24) is 0 Å². The Hall–Kier alpha value is -1.90. The summed E-state index contributed by atoms with van der Waals surface area (Å²) in [5.74, 6) is -1.87. The monoisotopic (exact) mass is 500 g/mol. The molecule has 204 valence electrons. The summed E-state index contributed by atoms with van der Waals surface area (Å²) in [7, 11) is 0. The van der Waals surface area contributed by atoms with Gasteiger partial charge in [-0.05, 0) is 20.3 Å². The molecule has 34 heavy (non-hydrogen) atoms. The predicted molar refractivity (Wildman–Crippen MR) is 126 cm³/mol. The van der Waals surface area contributed by atoms with Crippen LogP contribution in [0.25, 0.3) is 0 Å². The number of aliphatic hydroxyl groups is 5. The number of aliphatic hydroxyl groups excluding tert-OH is 5. The zero-order valence-corrected chi connectivity index (χ0v) is 20.6. The fraction of sp³-hybridized carbons (Fsp3) is 0.727. The normalized spacial score (nSPS) is 9.88. The number of carboxylic acids is 2. The molecule has 0 aromatic rings. The van der Waals surface area contributed by atoms with Gasteiger partial charge in [-0.2, -0.15) is 0 Å². The second kappa shape index (κ2) is 29.1. The van der Waals surface area contributed by atoms with Gasteiger partial charge in [0.2, 0.25) is 0 Å². The molecule has 12 nitrogen and oxygen atoms in total. The van der Waals surface area contributed by atoms with Gasteiger partial charge < -0.3 is 50.0 Å². The molecule has 0 aliphatic carbocycles. The Morgan fingerprint density at radius 3 is 1.00 bits per heavy atom. The van der Waals surface area contributed by atoms with Crippen molar-refractivity contribution < 1.29 is 59.5 Å². The number of carbonyl (C=O) groups is 2. The molecule has 0 aromatic heterocycles. The quantitative estimate of drug-likeness (QED) is 0.108.